The van der Waals surface area contributed by atoms with Crippen LogP contribution in [0.2, 0.25) is 0 Å². The van der Waals surface area contributed by atoms with Gasteiger partial charge in [0, 0.05) is 31.6 Å². The summed E-state index contributed by atoms with van der Waals surface area (Å²) in [5.41, 5.74) is 3.33. The minimum absolute atomic E-state index is 0.0995. The summed E-state index contributed by atoms with van der Waals surface area (Å²) in [6.07, 6.45) is 3.79. The zero-order valence-electron chi connectivity index (χ0n) is 12.4. The first-order valence-electron chi connectivity index (χ1n) is 7.63. The highest BCUT2D eigenvalue weighted by Gasteiger charge is 2.16. The molecule has 0 aliphatic carbocycles. The molecule has 1 aromatic heterocycles. The molecule has 2 amide bonds. The van der Waals surface area contributed by atoms with E-state index in [2.05, 4.69) is 10.3 Å². The molecular weight excluding hydrogens is 298 g/mol. The number of nitrogens with zero attached hydrogens (tertiary/aromatic N) is 2. The summed E-state index contributed by atoms with van der Waals surface area (Å²) in [5.74, 6) is 0.107. The second kappa shape index (κ2) is 6.87. The third kappa shape index (κ3) is 3.44. The van der Waals surface area contributed by atoms with Crippen molar-refractivity contribution in [2.24, 2.45) is 0 Å². The first-order chi connectivity index (χ1) is 10.7. The summed E-state index contributed by atoms with van der Waals surface area (Å²) in [4.78, 5) is 30.1. The maximum absolute atomic E-state index is 12.2. The number of hydrogen-bond donors (Lipinski definition) is 1. The van der Waals surface area contributed by atoms with Crippen LogP contribution in [0.15, 0.2) is 23.7 Å². The van der Waals surface area contributed by atoms with Crippen LogP contribution < -0.4 is 5.32 Å². The van der Waals surface area contributed by atoms with Crippen molar-refractivity contribution in [3.8, 4) is 0 Å². The van der Waals surface area contributed by atoms with Gasteiger partial charge in [-0.05, 0) is 31.0 Å². The van der Waals surface area contributed by atoms with E-state index in [1.165, 1.54) is 11.3 Å². The van der Waals surface area contributed by atoms with Crippen LogP contribution in [0.25, 0.3) is 10.2 Å². The van der Waals surface area contributed by atoms with E-state index in [1.807, 2.05) is 17.0 Å². The average Bonchev–Trinajstić information content (AvgIpc) is 2.90. The Bertz CT molecular complexity index is 683. The standard InChI is InChI=1S/C16H19N3O2S/c20-15-4-2-1-3-8-19(15)9-7-17-16(21)12-5-6-13-14(10-12)22-11-18-13/h5-6,10-11H,1-4,7-9H2,(H,17,21). The largest absolute Gasteiger partial charge is 0.350 e. The molecule has 1 fully saturated rings. The Hall–Kier alpha value is -1.95. The van der Waals surface area contributed by atoms with Crippen molar-refractivity contribution >= 4 is 33.4 Å². The molecule has 22 heavy (non-hydrogen) atoms. The fourth-order valence-corrected chi connectivity index (χ4v) is 3.39. The van der Waals surface area contributed by atoms with Gasteiger partial charge in [-0.1, -0.05) is 6.42 Å². The molecular formula is C16H19N3O2S. The van der Waals surface area contributed by atoms with E-state index in [4.69, 9.17) is 0 Å². The summed E-state index contributed by atoms with van der Waals surface area (Å²) >= 11 is 1.52. The Labute approximate surface area is 133 Å². The third-order valence-electron chi connectivity index (χ3n) is 3.93. The molecule has 1 aliphatic heterocycles. The van der Waals surface area contributed by atoms with Crippen LogP contribution in [-0.4, -0.2) is 41.3 Å². The van der Waals surface area contributed by atoms with E-state index >= 15 is 0 Å². The quantitative estimate of drug-likeness (QED) is 0.942. The molecule has 0 radical (unpaired) electrons. The van der Waals surface area contributed by atoms with E-state index in [0.717, 1.165) is 36.0 Å². The Morgan fingerprint density at radius 1 is 1.32 bits per heavy atom. The number of benzene rings is 1. The molecule has 3 rings (SSSR count). The van der Waals surface area contributed by atoms with Crippen LogP contribution in [-0.2, 0) is 4.79 Å². The predicted molar refractivity (Wildman–Crippen MR) is 87.0 cm³/mol. The van der Waals surface area contributed by atoms with Gasteiger partial charge in [0.2, 0.25) is 5.91 Å². The third-order valence-corrected chi connectivity index (χ3v) is 4.72. The van der Waals surface area contributed by atoms with Crippen molar-refractivity contribution in [3.05, 3.63) is 29.3 Å². The van der Waals surface area contributed by atoms with Gasteiger partial charge in [0.1, 0.15) is 0 Å². The molecule has 0 atom stereocenters. The second-order valence-electron chi connectivity index (χ2n) is 5.48. The number of likely N-dealkylation sites (tertiary alicyclic amines) is 1. The zero-order valence-corrected chi connectivity index (χ0v) is 13.2. The maximum atomic E-state index is 12.2. The van der Waals surface area contributed by atoms with Crippen LogP contribution >= 0.6 is 11.3 Å². The van der Waals surface area contributed by atoms with Gasteiger partial charge in [-0.2, -0.15) is 0 Å². The molecule has 0 spiro atoms. The Balaban J connectivity index is 1.54. The van der Waals surface area contributed by atoms with Crippen LogP contribution in [0.3, 0.4) is 0 Å². The topological polar surface area (TPSA) is 62.3 Å². The molecule has 2 aromatic rings. The number of fused-ring (bicyclic) bond motifs is 1. The van der Waals surface area contributed by atoms with Gasteiger partial charge in [-0.25, -0.2) is 4.98 Å². The van der Waals surface area contributed by atoms with Gasteiger partial charge in [0.15, 0.2) is 0 Å². The van der Waals surface area contributed by atoms with Crippen LogP contribution in [0.1, 0.15) is 36.0 Å². The van der Waals surface area contributed by atoms with Crippen molar-refractivity contribution in [2.45, 2.75) is 25.7 Å². The summed E-state index contributed by atoms with van der Waals surface area (Å²) < 4.78 is 1.01. The van der Waals surface area contributed by atoms with Gasteiger partial charge in [-0.15, -0.1) is 11.3 Å². The first kappa shape index (κ1) is 15.0. The number of thiazole rings is 1. The smallest absolute Gasteiger partial charge is 0.251 e. The molecule has 1 N–H and O–H groups in total. The number of aromatic nitrogens is 1. The van der Waals surface area contributed by atoms with Crippen molar-refractivity contribution in [1.29, 1.82) is 0 Å². The van der Waals surface area contributed by atoms with E-state index in [0.29, 0.717) is 25.1 Å². The van der Waals surface area contributed by atoms with Crippen LogP contribution in [0, 0.1) is 0 Å². The van der Waals surface area contributed by atoms with Crippen molar-refractivity contribution < 1.29 is 9.59 Å². The number of rotatable bonds is 4. The second-order valence-corrected chi connectivity index (χ2v) is 6.37. The lowest BCUT2D eigenvalue weighted by Crippen LogP contribution is -2.38. The lowest BCUT2D eigenvalue weighted by Gasteiger charge is -2.20. The van der Waals surface area contributed by atoms with E-state index in [-0.39, 0.29) is 11.8 Å². The predicted octanol–water partition coefficient (Wildman–Crippen LogP) is 2.43. The molecule has 6 heteroatoms. The molecule has 0 bridgehead atoms. The van der Waals surface area contributed by atoms with Crippen molar-refractivity contribution in [3.63, 3.8) is 0 Å². The van der Waals surface area contributed by atoms with Gasteiger partial charge >= 0.3 is 0 Å². The molecule has 2 heterocycles. The molecule has 0 unspecified atom stereocenters. The minimum Gasteiger partial charge on any atom is -0.350 e. The minimum atomic E-state index is -0.0995. The van der Waals surface area contributed by atoms with E-state index < -0.39 is 0 Å². The maximum Gasteiger partial charge on any atom is 0.251 e. The fourth-order valence-electron chi connectivity index (χ4n) is 2.68. The van der Waals surface area contributed by atoms with Crippen molar-refractivity contribution in [1.82, 2.24) is 15.2 Å². The number of carbonyl (C=O) groups excluding carboxylic acids is 2. The molecule has 5 nitrogen and oxygen atoms in total. The first-order valence-corrected chi connectivity index (χ1v) is 8.51. The van der Waals surface area contributed by atoms with Gasteiger partial charge in [-0.3, -0.25) is 9.59 Å². The molecule has 0 saturated carbocycles. The summed E-state index contributed by atoms with van der Waals surface area (Å²) in [6, 6.07) is 5.51. The summed E-state index contributed by atoms with van der Waals surface area (Å²) in [7, 11) is 0. The lowest BCUT2D eigenvalue weighted by molar-refractivity contribution is -0.130. The molecule has 1 aromatic carbocycles. The zero-order chi connectivity index (χ0) is 15.4. The molecule has 116 valence electrons. The Kier molecular flexibility index (Phi) is 4.68. The highest BCUT2D eigenvalue weighted by molar-refractivity contribution is 7.16. The number of hydrogen-bond acceptors (Lipinski definition) is 4. The fraction of sp³-hybridized carbons (Fsp3) is 0.438. The SMILES string of the molecule is O=C(NCCN1CCCCCC1=O)c1ccc2ncsc2c1. The van der Waals surface area contributed by atoms with Gasteiger partial charge in [0.05, 0.1) is 15.7 Å². The highest BCUT2D eigenvalue weighted by atomic mass is 32.1. The Morgan fingerprint density at radius 2 is 2.23 bits per heavy atom. The lowest BCUT2D eigenvalue weighted by atomic mass is 10.2. The monoisotopic (exact) mass is 317 g/mol. The van der Waals surface area contributed by atoms with Gasteiger partial charge < -0.3 is 10.2 Å². The molecule has 1 aliphatic rings. The van der Waals surface area contributed by atoms with E-state index in [1.54, 1.807) is 11.6 Å². The normalized spacial score (nSPS) is 15.8. The summed E-state index contributed by atoms with van der Waals surface area (Å²) in [5, 5.41) is 2.90. The number of amides is 2. The average molecular weight is 317 g/mol. The summed E-state index contributed by atoms with van der Waals surface area (Å²) in [6.45, 7) is 1.89. The highest BCUT2D eigenvalue weighted by Crippen LogP contribution is 2.19. The van der Waals surface area contributed by atoms with E-state index in [9.17, 15) is 9.59 Å². The molecule has 1 saturated heterocycles. The number of carbonyl (C=O) groups is 2. The Morgan fingerprint density at radius 3 is 3.14 bits per heavy atom. The van der Waals surface area contributed by atoms with Crippen LogP contribution in [0.4, 0.5) is 0 Å². The van der Waals surface area contributed by atoms with Gasteiger partial charge in [0.25, 0.3) is 5.91 Å². The number of nitrogens with one attached hydrogen (secondary N) is 1. The van der Waals surface area contributed by atoms with Crippen molar-refractivity contribution in [2.75, 3.05) is 19.6 Å². The van der Waals surface area contributed by atoms with Crippen LogP contribution in [0.5, 0.6) is 0 Å².